The lowest BCUT2D eigenvalue weighted by molar-refractivity contribution is 1.29. The summed E-state index contributed by atoms with van der Waals surface area (Å²) >= 11 is 0. The van der Waals surface area contributed by atoms with Crippen molar-refractivity contribution < 1.29 is 0 Å². The van der Waals surface area contributed by atoms with Crippen LogP contribution in [0.3, 0.4) is 0 Å². The standard InChI is InChI=1S/C48H24N6.C36H24N6.C12H18/c1-53-41-23-19-39(20-24-41)44(37-15-7-33(29-51)8-16-37)47-46(43(35-11-3-31(27-49)4-12-35)36-13-5-32(28-50)6-14-36)48(47)45(38-17-9-34(30-52)10-18-38)40-21-25-42(54-2)26-22-40;1-13-37-14-2-25(1)31(26-3-15-38-16-4-26)34-35(32(27-5-17-39-18-6-27)28-7-19-40-20-8-28)36(34)33(29-9-21-41-22-10-29)30-11-23-42-24-12-30;1-7(2)10-11(8(3)4)12(10)9(5)6/h3-26H;1-24H;1-6H3/b47-44-,48-45-;;. The molecule has 510 valence electrons. The van der Waals surface area contributed by atoms with E-state index in [1.165, 1.54) is 50.2 Å². The number of pyridine rings is 6. The molecule has 0 amide bonds. The molecule has 3 saturated carbocycles. The number of rotatable bonds is 12. The van der Waals surface area contributed by atoms with Crippen LogP contribution in [0.2, 0.25) is 0 Å². The van der Waals surface area contributed by atoms with E-state index < -0.39 is 0 Å². The Bertz CT molecular complexity index is 5080. The molecule has 15 rings (SSSR count). The molecular formula is C96H66N12. The third-order valence-electron chi connectivity index (χ3n) is 18.7. The second-order valence-corrected chi connectivity index (χ2v) is 26.1. The van der Waals surface area contributed by atoms with E-state index in [1.807, 2.05) is 147 Å². The largest absolute Gasteiger partial charge is 0.265 e. The van der Waals surface area contributed by atoms with Gasteiger partial charge in [0.15, 0.2) is 11.4 Å². The molecule has 0 spiro atoms. The summed E-state index contributed by atoms with van der Waals surface area (Å²) in [6.45, 7) is 28.3. The zero-order valence-corrected chi connectivity index (χ0v) is 60.1. The predicted molar refractivity (Wildman–Crippen MR) is 427 cm³/mol. The molecule has 3 fully saturated rings. The third-order valence-corrected chi connectivity index (χ3v) is 18.7. The minimum Gasteiger partial charge on any atom is -0.265 e. The number of nitrogens with zero attached hydrogens (tertiary/aromatic N) is 12. The first-order chi connectivity index (χ1) is 52.9. The molecule has 0 unspecified atom stereocenters. The van der Waals surface area contributed by atoms with Gasteiger partial charge in [-0.15, -0.1) is 0 Å². The first-order valence-corrected chi connectivity index (χ1v) is 34.8. The van der Waals surface area contributed by atoms with Gasteiger partial charge in [0.1, 0.15) is 0 Å². The van der Waals surface area contributed by atoms with E-state index in [4.69, 9.17) is 13.1 Å². The first-order valence-electron chi connectivity index (χ1n) is 34.8. The van der Waals surface area contributed by atoms with Crippen molar-refractivity contribution in [2.45, 2.75) is 41.5 Å². The summed E-state index contributed by atoms with van der Waals surface area (Å²) in [5, 5.41) is 38.6. The Morgan fingerprint density at radius 3 is 0.481 bits per heavy atom. The van der Waals surface area contributed by atoms with Crippen molar-refractivity contribution in [1.82, 2.24) is 29.9 Å². The summed E-state index contributed by atoms with van der Waals surface area (Å²) in [7, 11) is 0. The number of aromatic nitrogens is 6. The fourth-order valence-electron chi connectivity index (χ4n) is 13.7. The zero-order valence-electron chi connectivity index (χ0n) is 60.1. The summed E-state index contributed by atoms with van der Waals surface area (Å²) < 4.78 is 0. The van der Waals surface area contributed by atoms with Gasteiger partial charge in [0.05, 0.1) is 59.7 Å². The molecule has 0 saturated heterocycles. The van der Waals surface area contributed by atoms with Gasteiger partial charge in [-0.05, 0) is 313 Å². The van der Waals surface area contributed by atoms with Gasteiger partial charge >= 0.3 is 0 Å². The van der Waals surface area contributed by atoms with Crippen molar-refractivity contribution in [3.63, 3.8) is 0 Å². The van der Waals surface area contributed by atoms with Gasteiger partial charge in [0.25, 0.3) is 0 Å². The molecule has 12 heteroatoms. The van der Waals surface area contributed by atoms with Crippen molar-refractivity contribution in [2.75, 3.05) is 0 Å². The second-order valence-electron chi connectivity index (χ2n) is 26.1. The highest BCUT2D eigenvalue weighted by Gasteiger charge is 2.43. The third kappa shape index (κ3) is 15.3. The monoisotopic (exact) mass is 1390 g/mol. The van der Waals surface area contributed by atoms with Crippen LogP contribution in [-0.4, -0.2) is 29.9 Å². The number of nitriles is 4. The van der Waals surface area contributed by atoms with Gasteiger partial charge in [-0.1, -0.05) is 114 Å². The number of benzene rings is 6. The minimum absolute atomic E-state index is 0.499. The van der Waals surface area contributed by atoms with Gasteiger partial charge in [0, 0.05) is 74.4 Å². The Balaban J connectivity index is 0.000000168. The van der Waals surface area contributed by atoms with Crippen LogP contribution in [0.1, 0.15) is 131 Å². The average molecular weight is 1390 g/mol. The van der Waals surface area contributed by atoms with Crippen molar-refractivity contribution in [2.24, 2.45) is 0 Å². The Morgan fingerprint density at radius 1 is 0.213 bits per heavy atom. The second kappa shape index (κ2) is 32.4. The molecule has 0 radical (unpaired) electrons. The van der Waals surface area contributed by atoms with E-state index in [-0.39, 0.29) is 0 Å². The van der Waals surface area contributed by atoms with Gasteiger partial charge in [-0.3, -0.25) is 29.9 Å². The van der Waals surface area contributed by atoms with Crippen LogP contribution in [0.25, 0.3) is 43.1 Å². The molecule has 6 aromatic carbocycles. The molecule has 6 aromatic heterocycles. The summed E-state index contributed by atoms with van der Waals surface area (Å²) in [6.07, 6.45) is 22.1. The highest BCUT2D eigenvalue weighted by atomic mass is 14.7. The molecule has 12 nitrogen and oxygen atoms in total. The molecule has 108 heavy (non-hydrogen) atoms. The lowest BCUT2D eigenvalue weighted by Crippen LogP contribution is -1.91. The first kappa shape index (κ1) is 71.2. The molecule has 3 aliphatic rings. The Morgan fingerprint density at radius 2 is 0.352 bits per heavy atom. The lowest BCUT2D eigenvalue weighted by Gasteiger charge is -2.10. The fourth-order valence-corrected chi connectivity index (χ4v) is 13.7. The quantitative estimate of drug-likeness (QED) is 0.107. The topological polar surface area (TPSA) is 181 Å². The maximum Gasteiger partial charge on any atom is 0.187 e. The zero-order chi connectivity index (χ0) is 75.2. The van der Waals surface area contributed by atoms with Crippen LogP contribution in [-0.2, 0) is 0 Å². The Kier molecular flexibility index (Phi) is 21.4. The molecule has 6 heterocycles. The highest BCUT2D eigenvalue weighted by Crippen LogP contribution is 2.61. The van der Waals surface area contributed by atoms with E-state index in [0.29, 0.717) is 33.6 Å². The maximum absolute atomic E-state index is 9.66. The van der Waals surface area contributed by atoms with Crippen LogP contribution in [0, 0.1) is 58.5 Å². The fraction of sp³-hybridized carbons (Fsp3) is 0.0625. The average Bonchev–Trinajstić information content (AvgIpc) is 1.52. The van der Waals surface area contributed by atoms with E-state index in [2.05, 4.69) is 178 Å². The maximum atomic E-state index is 9.66. The molecule has 12 aromatic rings. The van der Waals surface area contributed by atoms with E-state index >= 15 is 0 Å². The molecule has 0 N–H and O–H groups in total. The highest BCUT2D eigenvalue weighted by molar-refractivity contribution is 6.14. The molecule has 0 bridgehead atoms. The number of hydrogen-bond donors (Lipinski definition) is 0. The number of allylic oxidation sites excluding steroid dienone is 12. The van der Waals surface area contributed by atoms with Crippen molar-refractivity contribution in [3.8, 4) is 24.3 Å². The summed E-state index contributed by atoms with van der Waals surface area (Å²) in [5.41, 5.74) is 35.8. The van der Waals surface area contributed by atoms with Gasteiger partial charge in [0.2, 0.25) is 0 Å². The van der Waals surface area contributed by atoms with Crippen LogP contribution < -0.4 is 0 Å². The van der Waals surface area contributed by atoms with Crippen LogP contribution in [0.15, 0.2) is 360 Å². The van der Waals surface area contributed by atoms with Gasteiger partial charge < -0.3 is 0 Å². The molecule has 3 aliphatic carbocycles. The van der Waals surface area contributed by atoms with Gasteiger partial charge in [-0.2, -0.15) is 21.0 Å². The van der Waals surface area contributed by atoms with Crippen molar-refractivity contribution in [3.05, 3.63) is 471 Å². The molecular weight excluding hydrogens is 1320 g/mol. The van der Waals surface area contributed by atoms with Crippen LogP contribution in [0.5, 0.6) is 0 Å². The molecule has 0 atom stereocenters. The summed E-state index contributed by atoms with van der Waals surface area (Å²) in [6, 6.07) is 78.1. The van der Waals surface area contributed by atoms with Crippen LogP contribution in [0.4, 0.5) is 11.4 Å². The normalized spacial score (nSPS) is 12.9. The smallest absolute Gasteiger partial charge is 0.187 e. The Hall–Kier alpha value is -15.2. The SMILES string of the molecule is CC(C)=C1C(=C(C)C)C1=C(C)C.[C-]#[N+]c1ccc(/C(=C2/C(=C(c3ccc(C#N)cc3)c3ccc(C#N)cc3)/C2=C(\c2ccc(C#N)cc2)c2ccc([N+]#[C-])cc2)c2ccc(C#N)cc2)cc1.c1cc(C(=C2C(=C(c3ccncc3)c3ccncc3)C2=C(c2ccncc2)c2ccncc2)c2ccncc2)ccn1. The number of hydrogen-bond acceptors (Lipinski definition) is 10. The van der Waals surface area contributed by atoms with Crippen molar-refractivity contribution in [1.29, 1.82) is 21.0 Å². The Labute approximate surface area is 629 Å². The van der Waals surface area contributed by atoms with Crippen LogP contribution >= 0.6 is 0 Å². The van der Waals surface area contributed by atoms with Crippen molar-refractivity contribution >= 4 is 44.8 Å². The van der Waals surface area contributed by atoms with E-state index in [9.17, 15) is 21.0 Å². The van der Waals surface area contributed by atoms with E-state index in [1.54, 1.807) is 72.8 Å². The molecule has 0 aliphatic heterocycles. The minimum atomic E-state index is 0.499. The summed E-state index contributed by atoms with van der Waals surface area (Å²) in [5.74, 6) is 0. The van der Waals surface area contributed by atoms with E-state index in [0.717, 1.165) is 117 Å². The van der Waals surface area contributed by atoms with Gasteiger partial charge in [-0.25, -0.2) is 9.69 Å². The predicted octanol–water partition coefficient (Wildman–Crippen LogP) is 22.0. The summed E-state index contributed by atoms with van der Waals surface area (Å²) in [4.78, 5) is 33.1. The lowest BCUT2D eigenvalue weighted by atomic mass is 9.93.